The molecular formula is C17H22N4OS2. The van der Waals surface area contributed by atoms with Crippen molar-refractivity contribution in [2.24, 2.45) is 0 Å². The Morgan fingerprint density at radius 1 is 1.29 bits per heavy atom. The van der Waals surface area contributed by atoms with Crippen molar-refractivity contribution in [1.29, 1.82) is 0 Å². The summed E-state index contributed by atoms with van der Waals surface area (Å²) in [6.45, 7) is 1.95. The Kier molecular flexibility index (Phi) is 4.65. The summed E-state index contributed by atoms with van der Waals surface area (Å²) in [4.78, 5) is 25.2. The predicted molar refractivity (Wildman–Crippen MR) is 98.0 cm³/mol. The van der Waals surface area contributed by atoms with Crippen LogP contribution in [0.2, 0.25) is 0 Å². The van der Waals surface area contributed by atoms with Crippen LogP contribution in [-0.4, -0.2) is 34.4 Å². The minimum atomic E-state index is -0.132. The van der Waals surface area contributed by atoms with Gasteiger partial charge in [-0.25, -0.2) is 9.97 Å². The number of aromatic nitrogens is 2. The van der Waals surface area contributed by atoms with E-state index in [0.29, 0.717) is 16.7 Å². The Morgan fingerprint density at radius 3 is 2.96 bits per heavy atom. The third-order valence-corrected chi connectivity index (χ3v) is 6.86. The van der Waals surface area contributed by atoms with E-state index in [1.807, 2.05) is 5.38 Å². The van der Waals surface area contributed by atoms with Gasteiger partial charge in [-0.3, -0.25) is 10.1 Å². The van der Waals surface area contributed by atoms with Crippen LogP contribution in [0.1, 0.15) is 64.1 Å². The van der Waals surface area contributed by atoms with Crippen molar-refractivity contribution < 1.29 is 4.79 Å². The number of amides is 1. The number of hydrogen-bond acceptors (Lipinski definition) is 6. The molecule has 0 atom stereocenters. The van der Waals surface area contributed by atoms with Crippen molar-refractivity contribution in [2.45, 2.75) is 51.0 Å². The second-order valence-electron chi connectivity index (χ2n) is 6.74. The molecule has 2 aliphatic rings. The van der Waals surface area contributed by atoms with Gasteiger partial charge in [0.2, 0.25) is 0 Å². The third kappa shape index (κ3) is 3.38. The van der Waals surface area contributed by atoms with E-state index in [-0.39, 0.29) is 5.91 Å². The zero-order valence-electron chi connectivity index (χ0n) is 13.9. The minimum Gasteiger partial charge on any atom is -0.301 e. The van der Waals surface area contributed by atoms with Gasteiger partial charge in [0.05, 0.1) is 10.7 Å². The van der Waals surface area contributed by atoms with Crippen LogP contribution in [0.25, 0.3) is 0 Å². The van der Waals surface area contributed by atoms with E-state index < -0.39 is 0 Å². The first-order chi connectivity index (χ1) is 11.7. The number of carbonyl (C=O) groups is 1. The van der Waals surface area contributed by atoms with Gasteiger partial charge in [0.25, 0.3) is 5.91 Å². The molecule has 3 heterocycles. The highest BCUT2D eigenvalue weighted by molar-refractivity contribution is 7.16. The number of hydrogen-bond donors (Lipinski definition) is 1. The number of likely N-dealkylation sites (N-methyl/N-ethyl adjacent to an activating group) is 1. The number of anilines is 1. The molecule has 0 spiro atoms. The van der Waals surface area contributed by atoms with Crippen molar-refractivity contribution in [1.82, 2.24) is 14.9 Å². The average molecular weight is 363 g/mol. The molecule has 2 aromatic heterocycles. The van der Waals surface area contributed by atoms with E-state index >= 15 is 0 Å². The van der Waals surface area contributed by atoms with Crippen molar-refractivity contribution in [2.75, 3.05) is 18.9 Å². The van der Waals surface area contributed by atoms with Crippen LogP contribution < -0.4 is 5.32 Å². The lowest BCUT2D eigenvalue weighted by Gasteiger charge is -2.20. The summed E-state index contributed by atoms with van der Waals surface area (Å²) in [7, 11) is 2.11. The summed E-state index contributed by atoms with van der Waals surface area (Å²) < 4.78 is 0. The largest absolute Gasteiger partial charge is 0.301 e. The van der Waals surface area contributed by atoms with Crippen LogP contribution in [0.3, 0.4) is 0 Å². The maximum absolute atomic E-state index is 12.5. The molecular weight excluding hydrogens is 340 g/mol. The fourth-order valence-corrected chi connectivity index (χ4v) is 5.52. The number of thiazole rings is 2. The highest BCUT2D eigenvalue weighted by atomic mass is 32.1. The molecule has 1 aliphatic heterocycles. The lowest BCUT2D eigenvalue weighted by Crippen LogP contribution is -2.25. The second kappa shape index (κ2) is 6.90. The van der Waals surface area contributed by atoms with Crippen molar-refractivity contribution in [3.05, 3.63) is 26.7 Å². The summed E-state index contributed by atoms with van der Waals surface area (Å²) in [6.07, 6.45) is 7.28. The van der Waals surface area contributed by atoms with Crippen LogP contribution >= 0.6 is 22.7 Å². The summed E-state index contributed by atoms with van der Waals surface area (Å²) in [5.41, 5.74) is 1.67. The summed E-state index contributed by atoms with van der Waals surface area (Å²) in [5, 5.41) is 6.66. The van der Waals surface area contributed by atoms with E-state index in [9.17, 15) is 4.79 Å². The molecule has 1 fully saturated rings. The SMILES string of the molecule is CN1CCc2nc(NC(=O)c3csc(C4CCCCC4)n3)sc2C1. The van der Waals surface area contributed by atoms with Crippen LogP contribution in [0.4, 0.5) is 5.13 Å². The van der Waals surface area contributed by atoms with E-state index in [2.05, 4.69) is 27.2 Å². The molecule has 0 bridgehead atoms. The van der Waals surface area contributed by atoms with Gasteiger partial charge >= 0.3 is 0 Å². The molecule has 7 heteroatoms. The number of fused-ring (bicyclic) bond motifs is 1. The van der Waals surface area contributed by atoms with Crippen LogP contribution in [0.5, 0.6) is 0 Å². The monoisotopic (exact) mass is 362 g/mol. The Labute approximate surface area is 150 Å². The van der Waals surface area contributed by atoms with E-state index in [1.54, 1.807) is 22.7 Å². The Hall–Kier alpha value is -1.31. The molecule has 0 aromatic carbocycles. The van der Waals surface area contributed by atoms with E-state index in [0.717, 1.165) is 30.2 Å². The smallest absolute Gasteiger partial charge is 0.276 e. The third-order valence-electron chi connectivity index (χ3n) is 4.85. The molecule has 0 saturated heterocycles. The first-order valence-electron chi connectivity index (χ1n) is 8.63. The van der Waals surface area contributed by atoms with Crippen molar-refractivity contribution in [3.8, 4) is 0 Å². The molecule has 5 nitrogen and oxygen atoms in total. The van der Waals surface area contributed by atoms with Gasteiger partial charge in [0, 0.05) is 35.7 Å². The first-order valence-corrected chi connectivity index (χ1v) is 10.3. The van der Waals surface area contributed by atoms with E-state index in [1.165, 1.54) is 37.0 Å². The number of nitrogens with zero attached hydrogens (tertiary/aromatic N) is 3. The normalized spacial score (nSPS) is 19.2. The zero-order valence-corrected chi connectivity index (χ0v) is 15.5. The van der Waals surface area contributed by atoms with Gasteiger partial charge in [0.15, 0.2) is 5.13 Å². The summed E-state index contributed by atoms with van der Waals surface area (Å²) in [6, 6.07) is 0. The molecule has 24 heavy (non-hydrogen) atoms. The van der Waals surface area contributed by atoms with Gasteiger partial charge in [-0.15, -0.1) is 22.7 Å². The molecule has 1 amide bonds. The zero-order chi connectivity index (χ0) is 16.5. The Balaban J connectivity index is 1.44. The second-order valence-corrected chi connectivity index (χ2v) is 8.71. The molecule has 1 aliphatic carbocycles. The van der Waals surface area contributed by atoms with Gasteiger partial charge in [-0.2, -0.15) is 0 Å². The lowest BCUT2D eigenvalue weighted by atomic mass is 9.90. The predicted octanol–water partition coefficient (Wildman–Crippen LogP) is 3.89. The standard InChI is InChI=1S/C17H22N4OS2/c1-21-8-7-12-14(9-21)24-17(19-12)20-15(22)13-10-23-16(18-13)11-5-3-2-4-6-11/h10-11H,2-9H2,1H3,(H,19,20,22). The highest BCUT2D eigenvalue weighted by Gasteiger charge is 2.22. The topological polar surface area (TPSA) is 58.1 Å². The number of carbonyl (C=O) groups excluding carboxylic acids is 1. The van der Waals surface area contributed by atoms with Crippen molar-refractivity contribution >= 4 is 33.7 Å². The van der Waals surface area contributed by atoms with Crippen LogP contribution in [0, 0.1) is 0 Å². The molecule has 128 valence electrons. The van der Waals surface area contributed by atoms with Crippen LogP contribution in [-0.2, 0) is 13.0 Å². The fourth-order valence-electron chi connectivity index (χ4n) is 3.47. The number of rotatable bonds is 3. The average Bonchev–Trinajstić information content (AvgIpc) is 3.22. The maximum Gasteiger partial charge on any atom is 0.276 e. The van der Waals surface area contributed by atoms with Gasteiger partial charge < -0.3 is 4.90 Å². The van der Waals surface area contributed by atoms with Gasteiger partial charge in [-0.05, 0) is 19.9 Å². The summed E-state index contributed by atoms with van der Waals surface area (Å²) in [5.74, 6) is 0.417. The highest BCUT2D eigenvalue weighted by Crippen LogP contribution is 2.34. The first kappa shape index (κ1) is 16.2. The molecule has 4 rings (SSSR count). The van der Waals surface area contributed by atoms with Crippen LogP contribution in [0.15, 0.2) is 5.38 Å². The summed E-state index contributed by atoms with van der Waals surface area (Å²) >= 11 is 3.21. The molecule has 2 aromatic rings. The number of nitrogens with one attached hydrogen (secondary N) is 1. The molecule has 1 saturated carbocycles. The lowest BCUT2D eigenvalue weighted by molar-refractivity contribution is 0.102. The Morgan fingerprint density at radius 2 is 2.12 bits per heavy atom. The van der Waals surface area contributed by atoms with Crippen molar-refractivity contribution in [3.63, 3.8) is 0 Å². The maximum atomic E-state index is 12.5. The molecule has 0 unspecified atom stereocenters. The van der Waals surface area contributed by atoms with Gasteiger partial charge in [0.1, 0.15) is 5.69 Å². The fraction of sp³-hybridized carbons (Fsp3) is 0.588. The minimum absolute atomic E-state index is 0.132. The quantitative estimate of drug-likeness (QED) is 0.900. The van der Waals surface area contributed by atoms with E-state index in [4.69, 9.17) is 0 Å². The molecule has 1 N–H and O–H groups in total. The molecule has 0 radical (unpaired) electrons. The Bertz CT molecular complexity index is 733. The van der Waals surface area contributed by atoms with Gasteiger partial charge in [-0.1, -0.05) is 19.3 Å².